The van der Waals surface area contributed by atoms with Gasteiger partial charge < -0.3 is 9.64 Å². The molecule has 29 heavy (non-hydrogen) atoms. The lowest BCUT2D eigenvalue weighted by atomic mass is 10.0. The maximum Gasteiger partial charge on any atom is 0.277 e. The Morgan fingerprint density at radius 1 is 0.966 bits per heavy atom. The van der Waals surface area contributed by atoms with E-state index >= 15 is 0 Å². The minimum Gasteiger partial charge on any atom is -0.377 e. The zero-order chi connectivity index (χ0) is 21.0. The quantitative estimate of drug-likeness (QED) is 0.644. The molecule has 0 atom stereocenters. The van der Waals surface area contributed by atoms with E-state index in [9.17, 15) is 9.59 Å². The molecule has 0 N–H and O–H groups in total. The van der Waals surface area contributed by atoms with Gasteiger partial charge in [-0.15, -0.1) is 0 Å². The first-order valence-corrected chi connectivity index (χ1v) is 9.92. The van der Waals surface area contributed by atoms with E-state index in [1.54, 1.807) is 0 Å². The van der Waals surface area contributed by atoms with Gasteiger partial charge in [-0.05, 0) is 31.9 Å². The minimum absolute atomic E-state index is 0.0487. The summed E-state index contributed by atoms with van der Waals surface area (Å²) in [6.45, 7) is 6.98. The Balaban J connectivity index is 1.94. The molecule has 3 rings (SSSR count). The average molecular weight is 392 g/mol. The maximum absolute atomic E-state index is 13.2. The predicted octanol–water partition coefficient (Wildman–Crippen LogP) is 3.63. The van der Waals surface area contributed by atoms with Gasteiger partial charge >= 0.3 is 0 Å². The fourth-order valence-corrected chi connectivity index (χ4v) is 3.42. The number of hydrogen-bond acceptors (Lipinski definition) is 4. The zero-order valence-electron chi connectivity index (χ0n) is 17.5. The van der Waals surface area contributed by atoms with Crippen LogP contribution in [0.15, 0.2) is 60.3 Å². The third-order valence-electron chi connectivity index (χ3n) is 4.89. The summed E-state index contributed by atoms with van der Waals surface area (Å²) in [5.74, 6) is -0.530. The van der Waals surface area contributed by atoms with E-state index in [1.807, 2.05) is 87.3 Å². The molecule has 0 bridgehead atoms. The van der Waals surface area contributed by atoms with Crippen LogP contribution in [0.5, 0.6) is 0 Å². The predicted molar refractivity (Wildman–Crippen MR) is 114 cm³/mol. The summed E-state index contributed by atoms with van der Waals surface area (Å²) in [7, 11) is 1.86. The van der Waals surface area contributed by atoms with E-state index in [0.29, 0.717) is 24.4 Å². The molecule has 0 aliphatic carbocycles. The number of hydrogen-bond donors (Lipinski definition) is 0. The highest BCUT2D eigenvalue weighted by Gasteiger charge is 2.40. The van der Waals surface area contributed by atoms with Crippen LogP contribution >= 0.6 is 0 Å². The van der Waals surface area contributed by atoms with Crippen LogP contribution in [0.1, 0.15) is 30.5 Å². The van der Waals surface area contributed by atoms with E-state index in [0.717, 1.165) is 16.7 Å². The summed E-state index contributed by atoms with van der Waals surface area (Å²) < 4.78 is 5.57. The van der Waals surface area contributed by atoms with Gasteiger partial charge in [-0.3, -0.25) is 14.5 Å². The SMILES string of the molecule is Cc1ccc(C2=C(N(C)Cc3ccccc3)C(=O)N(CCOC(C)C)C2=O)cc1. The van der Waals surface area contributed by atoms with Gasteiger partial charge in [0.25, 0.3) is 11.8 Å². The Morgan fingerprint density at radius 3 is 2.24 bits per heavy atom. The highest BCUT2D eigenvalue weighted by atomic mass is 16.5. The molecule has 0 radical (unpaired) electrons. The largest absolute Gasteiger partial charge is 0.377 e. The monoisotopic (exact) mass is 392 g/mol. The molecule has 2 amide bonds. The lowest BCUT2D eigenvalue weighted by molar-refractivity contribution is -0.138. The molecule has 2 aromatic carbocycles. The van der Waals surface area contributed by atoms with Crippen LogP contribution in [0, 0.1) is 6.92 Å². The number of amides is 2. The van der Waals surface area contributed by atoms with Crippen LogP contribution in [0.25, 0.3) is 5.57 Å². The summed E-state index contributed by atoms with van der Waals surface area (Å²) in [6.07, 6.45) is 0.0487. The molecule has 0 saturated heterocycles. The number of carbonyl (C=O) groups is 2. The molecule has 1 heterocycles. The van der Waals surface area contributed by atoms with E-state index in [-0.39, 0.29) is 24.5 Å². The van der Waals surface area contributed by atoms with Crippen LogP contribution < -0.4 is 0 Å². The van der Waals surface area contributed by atoms with Crippen molar-refractivity contribution in [2.45, 2.75) is 33.4 Å². The molecule has 1 aliphatic heterocycles. The minimum atomic E-state index is -0.267. The van der Waals surface area contributed by atoms with Gasteiger partial charge in [0.1, 0.15) is 5.70 Å². The highest BCUT2D eigenvalue weighted by molar-refractivity contribution is 6.35. The van der Waals surface area contributed by atoms with Crippen LogP contribution in [-0.4, -0.2) is 47.9 Å². The number of benzene rings is 2. The molecule has 0 fully saturated rings. The van der Waals surface area contributed by atoms with Crippen molar-refractivity contribution in [2.24, 2.45) is 0 Å². The second-order valence-electron chi connectivity index (χ2n) is 7.61. The molecule has 1 aliphatic rings. The molecular weight excluding hydrogens is 364 g/mol. The van der Waals surface area contributed by atoms with E-state index in [4.69, 9.17) is 4.74 Å². The van der Waals surface area contributed by atoms with Crippen molar-refractivity contribution in [1.82, 2.24) is 9.80 Å². The van der Waals surface area contributed by atoms with Crippen LogP contribution in [0.3, 0.4) is 0 Å². The summed E-state index contributed by atoms with van der Waals surface area (Å²) in [5.41, 5.74) is 3.83. The second kappa shape index (κ2) is 9.05. The Bertz CT molecular complexity index is 901. The van der Waals surface area contributed by atoms with Gasteiger partial charge in [-0.2, -0.15) is 0 Å². The average Bonchev–Trinajstić information content (AvgIpc) is 2.94. The van der Waals surface area contributed by atoms with Crippen LogP contribution in [0.4, 0.5) is 0 Å². The van der Waals surface area contributed by atoms with Crippen LogP contribution in [-0.2, 0) is 20.9 Å². The Labute approximate surface area is 172 Å². The summed E-state index contributed by atoms with van der Waals surface area (Å²) >= 11 is 0. The lowest BCUT2D eigenvalue weighted by Crippen LogP contribution is -2.37. The van der Waals surface area contributed by atoms with Crippen molar-refractivity contribution >= 4 is 17.4 Å². The zero-order valence-corrected chi connectivity index (χ0v) is 17.5. The highest BCUT2D eigenvalue weighted by Crippen LogP contribution is 2.31. The summed E-state index contributed by atoms with van der Waals surface area (Å²) in [5, 5.41) is 0. The molecule has 2 aromatic rings. The number of imide groups is 1. The number of nitrogens with zero attached hydrogens (tertiary/aromatic N) is 2. The Kier molecular flexibility index (Phi) is 6.49. The number of aryl methyl sites for hydroxylation is 1. The number of rotatable bonds is 8. The van der Waals surface area contributed by atoms with Crippen LogP contribution in [0.2, 0.25) is 0 Å². The third-order valence-corrected chi connectivity index (χ3v) is 4.89. The number of carbonyl (C=O) groups excluding carboxylic acids is 2. The van der Waals surface area contributed by atoms with Crippen molar-refractivity contribution in [2.75, 3.05) is 20.2 Å². The fourth-order valence-electron chi connectivity index (χ4n) is 3.42. The summed E-state index contributed by atoms with van der Waals surface area (Å²) in [4.78, 5) is 29.6. The lowest BCUT2D eigenvalue weighted by Gasteiger charge is -2.22. The maximum atomic E-state index is 13.2. The smallest absolute Gasteiger partial charge is 0.277 e. The van der Waals surface area contributed by atoms with Gasteiger partial charge in [0, 0.05) is 13.6 Å². The molecule has 152 valence electrons. The van der Waals surface area contributed by atoms with Gasteiger partial charge in [-0.25, -0.2) is 0 Å². The molecule has 0 unspecified atom stereocenters. The van der Waals surface area contributed by atoms with Crippen molar-refractivity contribution < 1.29 is 14.3 Å². The molecular formula is C24H28N2O3. The molecule has 5 heteroatoms. The Morgan fingerprint density at radius 2 is 1.62 bits per heavy atom. The third kappa shape index (κ3) is 4.74. The number of likely N-dealkylation sites (N-methyl/N-ethyl adjacent to an activating group) is 1. The Hall–Kier alpha value is -2.92. The van der Waals surface area contributed by atoms with E-state index < -0.39 is 0 Å². The van der Waals surface area contributed by atoms with Crippen molar-refractivity contribution in [3.63, 3.8) is 0 Å². The molecule has 0 saturated carbocycles. The topological polar surface area (TPSA) is 49.9 Å². The number of ether oxygens (including phenoxy) is 1. The summed E-state index contributed by atoms with van der Waals surface area (Å²) in [6, 6.07) is 17.6. The first-order chi connectivity index (χ1) is 13.9. The first-order valence-electron chi connectivity index (χ1n) is 9.92. The first kappa shape index (κ1) is 20.8. The molecule has 5 nitrogen and oxygen atoms in total. The molecule has 0 spiro atoms. The van der Waals surface area contributed by atoms with E-state index in [1.165, 1.54) is 4.90 Å². The fraction of sp³-hybridized carbons (Fsp3) is 0.333. The normalized spacial score (nSPS) is 14.3. The van der Waals surface area contributed by atoms with Crippen molar-refractivity contribution in [3.8, 4) is 0 Å². The molecule has 0 aromatic heterocycles. The van der Waals surface area contributed by atoms with Crippen molar-refractivity contribution in [3.05, 3.63) is 77.0 Å². The van der Waals surface area contributed by atoms with E-state index in [2.05, 4.69) is 0 Å². The van der Waals surface area contributed by atoms with Gasteiger partial charge in [0.2, 0.25) is 0 Å². The van der Waals surface area contributed by atoms with Crippen molar-refractivity contribution in [1.29, 1.82) is 0 Å². The van der Waals surface area contributed by atoms with Gasteiger partial charge in [0.15, 0.2) is 0 Å². The second-order valence-corrected chi connectivity index (χ2v) is 7.61. The van der Waals surface area contributed by atoms with Gasteiger partial charge in [-0.1, -0.05) is 60.2 Å². The van der Waals surface area contributed by atoms with Gasteiger partial charge in [0.05, 0.1) is 24.8 Å². The standard InChI is InChI=1S/C24H28N2O3/c1-17(2)29-15-14-26-23(27)21(20-12-10-18(3)11-13-20)22(24(26)28)25(4)16-19-8-6-5-7-9-19/h5-13,17H,14-16H2,1-4H3.